The van der Waals surface area contributed by atoms with Crippen molar-refractivity contribution in [3.8, 4) is 0 Å². The maximum absolute atomic E-state index is 12.9. The van der Waals surface area contributed by atoms with Gasteiger partial charge in [0, 0.05) is 18.8 Å². The fourth-order valence-corrected chi connectivity index (χ4v) is 3.20. The Morgan fingerprint density at radius 3 is 2.12 bits per heavy atom. The highest BCUT2D eigenvalue weighted by Crippen LogP contribution is 2.16. The maximum atomic E-state index is 12.9. The van der Waals surface area contributed by atoms with Crippen LogP contribution in [-0.4, -0.2) is 21.6 Å². The largest absolute Gasteiger partial charge is 0.329 e. The van der Waals surface area contributed by atoms with Crippen molar-refractivity contribution in [1.29, 1.82) is 0 Å². The third-order valence-corrected chi connectivity index (χ3v) is 4.35. The van der Waals surface area contributed by atoms with Crippen LogP contribution in [0, 0.1) is 0 Å². The van der Waals surface area contributed by atoms with Gasteiger partial charge in [0.25, 0.3) is 0 Å². The van der Waals surface area contributed by atoms with E-state index in [1.54, 1.807) is 14.0 Å². The number of carbonyl (C=O) groups excluding carboxylic acids is 1. The quantitative estimate of drug-likeness (QED) is 0.693. The molecule has 3 rings (SSSR count). The van der Waals surface area contributed by atoms with Crippen molar-refractivity contribution in [2.45, 2.75) is 33.4 Å². The third-order valence-electron chi connectivity index (χ3n) is 4.35. The standard InChI is InChI=1S/C20H23N3O2/c1-3-14-22-17-12-8-9-13-18(17)23(20(22)25)15-19(24)21(4-2)16-10-6-5-7-11-16/h5-13H,3-4,14-15H2,1-2H3. The molecule has 0 aliphatic carbocycles. The SMILES string of the molecule is CCCn1c(=O)n(CC(=O)N(CC)c2ccccc2)c2ccccc21. The number of imidazole rings is 1. The van der Waals surface area contributed by atoms with Crippen LogP contribution < -0.4 is 10.6 Å². The van der Waals surface area contributed by atoms with Gasteiger partial charge in [-0.15, -0.1) is 0 Å². The number of para-hydroxylation sites is 3. The predicted octanol–water partition coefficient (Wildman–Crippen LogP) is 3.27. The molecule has 25 heavy (non-hydrogen) atoms. The summed E-state index contributed by atoms with van der Waals surface area (Å²) >= 11 is 0. The van der Waals surface area contributed by atoms with Gasteiger partial charge in [0.1, 0.15) is 6.54 Å². The van der Waals surface area contributed by atoms with Gasteiger partial charge in [0.15, 0.2) is 0 Å². The minimum absolute atomic E-state index is 0.0405. The zero-order valence-corrected chi connectivity index (χ0v) is 14.7. The number of aryl methyl sites for hydroxylation is 1. The molecule has 130 valence electrons. The Hall–Kier alpha value is -2.82. The van der Waals surface area contributed by atoms with Gasteiger partial charge in [-0.25, -0.2) is 4.79 Å². The molecule has 5 heteroatoms. The van der Waals surface area contributed by atoms with E-state index in [9.17, 15) is 9.59 Å². The molecule has 0 atom stereocenters. The number of anilines is 1. The molecular weight excluding hydrogens is 314 g/mol. The number of likely N-dealkylation sites (N-methyl/N-ethyl adjacent to an activating group) is 1. The summed E-state index contributed by atoms with van der Waals surface area (Å²) in [5, 5.41) is 0. The first-order chi connectivity index (χ1) is 12.2. The third kappa shape index (κ3) is 3.22. The van der Waals surface area contributed by atoms with Crippen LogP contribution in [-0.2, 0) is 17.9 Å². The molecule has 0 N–H and O–H groups in total. The zero-order valence-electron chi connectivity index (χ0n) is 14.7. The molecule has 0 saturated carbocycles. The minimum Gasteiger partial charge on any atom is -0.311 e. The zero-order chi connectivity index (χ0) is 17.8. The van der Waals surface area contributed by atoms with Crippen molar-refractivity contribution < 1.29 is 4.79 Å². The molecule has 1 amide bonds. The van der Waals surface area contributed by atoms with Crippen molar-refractivity contribution in [2.24, 2.45) is 0 Å². The number of aromatic nitrogens is 2. The van der Waals surface area contributed by atoms with E-state index in [1.807, 2.05) is 68.4 Å². The number of fused-ring (bicyclic) bond motifs is 1. The van der Waals surface area contributed by atoms with E-state index < -0.39 is 0 Å². The van der Waals surface area contributed by atoms with Gasteiger partial charge >= 0.3 is 5.69 Å². The lowest BCUT2D eigenvalue weighted by Crippen LogP contribution is -2.36. The van der Waals surface area contributed by atoms with Gasteiger partial charge in [-0.2, -0.15) is 0 Å². The smallest absolute Gasteiger partial charge is 0.311 e. The Balaban J connectivity index is 1.99. The molecule has 0 aliphatic heterocycles. The molecule has 0 spiro atoms. The van der Waals surface area contributed by atoms with E-state index in [-0.39, 0.29) is 18.1 Å². The van der Waals surface area contributed by atoms with Gasteiger partial charge < -0.3 is 4.90 Å². The van der Waals surface area contributed by atoms with E-state index in [1.165, 1.54) is 0 Å². The van der Waals surface area contributed by atoms with E-state index >= 15 is 0 Å². The van der Waals surface area contributed by atoms with Gasteiger partial charge in [-0.05, 0) is 37.6 Å². The summed E-state index contributed by atoms with van der Waals surface area (Å²) in [6.07, 6.45) is 0.868. The number of rotatable bonds is 6. The van der Waals surface area contributed by atoms with E-state index in [4.69, 9.17) is 0 Å². The van der Waals surface area contributed by atoms with Crippen molar-refractivity contribution in [1.82, 2.24) is 9.13 Å². The van der Waals surface area contributed by atoms with Crippen molar-refractivity contribution in [2.75, 3.05) is 11.4 Å². The van der Waals surface area contributed by atoms with Crippen LogP contribution in [0.25, 0.3) is 11.0 Å². The lowest BCUT2D eigenvalue weighted by atomic mass is 10.2. The maximum Gasteiger partial charge on any atom is 0.329 e. The second-order valence-electron chi connectivity index (χ2n) is 5.98. The second-order valence-corrected chi connectivity index (χ2v) is 5.98. The molecule has 5 nitrogen and oxygen atoms in total. The van der Waals surface area contributed by atoms with Crippen LogP contribution in [0.5, 0.6) is 0 Å². The minimum atomic E-state index is -0.125. The van der Waals surface area contributed by atoms with Crippen molar-refractivity contribution in [3.05, 3.63) is 65.1 Å². The first-order valence-electron chi connectivity index (χ1n) is 8.70. The fourth-order valence-electron chi connectivity index (χ4n) is 3.20. The molecule has 3 aromatic rings. The highest BCUT2D eigenvalue weighted by atomic mass is 16.2. The summed E-state index contributed by atoms with van der Waals surface area (Å²) in [5.41, 5.74) is 2.41. The molecule has 0 saturated heterocycles. The Morgan fingerprint density at radius 2 is 1.52 bits per heavy atom. The molecular formula is C20H23N3O2. The van der Waals surface area contributed by atoms with Crippen LogP contribution in [0.15, 0.2) is 59.4 Å². The summed E-state index contributed by atoms with van der Waals surface area (Å²) in [6, 6.07) is 17.2. The number of hydrogen-bond donors (Lipinski definition) is 0. The lowest BCUT2D eigenvalue weighted by Gasteiger charge is -2.21. The number of amides is 1. The highest BCUT2D eigenvalue weighted by molar-refractivity contribution is 5.94. The normalized spacial score (nSPS) is 11.0. The van der Waals surface area contributed by atoms with Gasteiger partial charge in [-0.3, -0.25) is 13.9 Å². The Labute approximate surface area is 147 Å². The Morgan fingerprint density at radius 1 is 0.920 bits per heavy atom. The summed E-state index contributed by atoms with van der Waals surface area (Å²) in [6.45, 7) is 5.23. The number of benzene rings is 2. The lowest BCUT2D eigenvalue weighted by molar-refractivity contribution is -0.119. The van der Waals surface area contributed by atoms with Gasteiger partial charge in [-0.1, -0.05) is 37.3 Å². The first kappa shape index (κ1) is 17.0. The average Bonchev–Trinajstić information content (AvgIpc) is 2.90. The van der Waals surface area contributed by atoms with Crippen LogP contribution in [0.3, 0.4) is 0 Å². The number of nitrogens with zero attached hydrogens (tertiary/aromatic N) is 3. The van der Waals surface area contributed by atoms with Crippen LogP contribution in [0.4, 0.5) is 5.69 Å². The van der Waals surface area contributed by atoms with E-state index in [2.05, 4.69) is 0 Å². The summed E-state index contributed by atoms with van der Waals surface area (Å²) < 4.78 is 3.33. The first-order valence-corrected chi connectivity index (χ1v) is 8.70. The topological polar surface area (TPSA) is 47.2 Å². The Kier molecular flexibility index (Phi) is 5.03. The van der Waals surface area contributed by atoms with Crippen LogP contribution >= 0.6 is 0 Å². The molecule has 2 aromatic carbocycles. The van der Waals surface area contributed by atoms with Crippen molar-refractivity contribution >= 4 is 22.6 Å². The molecule has 0 unspecified atom stereocenters. The summed E-state index contributed by atoms with van der Waals surface area (Å²) in [7, 11) is 0. The highest BCUT2D eigenvalue weighted by Gasteiger charge is 2.19. The average molecular weight is 337 g/mol. The molecule has 0 aliphatic rings. The van der Waals surface area contributed by atoms with Gasteiger partial charge in [0.2, 0.25) is 5.91 Å². The van der Waals surface area contributed by atoms with Gasteiger partial charge in [0.05, 0.1) is 11.0 Å². The molecule has 0 bridgehead atoms. The molecule has 0 radical (unpaired) electrons. The Bertz CT molecular complexity index is 925. The second kappa shape index (κ2) is 7.38. The molecule has 1 heterocycles. The molecule has 1 aromatic heterocycles. The number of carbonyl (C=O) groups is 1. The van der Waals surface area contributed by atoms with E-state index in [0.717, 1.165) is 23.1 Å². The van der Waals surface area contributed by atoms with E-state index in [0.29, 0.717) is 13.1 Å². The van der Waals surface area contributed by atoms with Crippen LogP contribution in [0.2, 0.25) is 0 Å². The number of hydrogen-bond acceptors (Lipinski definition) is 2. The summed E-state index contributed by atoms with van der Waals surface area (Å²) in [4.78, 5) is 27.4. The fraction of sp³-hybridized carbons (Fsp3) is 0.300. The monoisotopic (exact) mass is 337 g/mol. The van der Waals surface area contributed by atoms with Crippen LogP contribution in [0.1, 0.15) is 20.3 Å². The predicted molar refractivity (Wildman–Crippen MR) is 101 cm³/mol. The summed E-state index contributed by atoms with van der Waals surface area (Å²) in [5.74, 6) is -0.0878. The van der Waals surface area contributed by atoms with Crippen molar-refractivity contribution in [3.63, 3.8) is 0 Å². The molecule has 0 fully saturated rings.